The lowest BCUT2D eigenvalue weighted by atomic mass is 10.1. The van der Waals surface area contributed by atoms with Gasteiger partial charge >= 0.3 is 0 Å². The van der Waals surface area contributed by atoms with E-state index in [4.69, 9.17) is 0 Å². The lowest BCUT2D eigenvalue weighted by Crippen LogP contribution is -2.11. The van der Waals surface area contributed by atoms with E-state index >= 15 is 0 Å². The molecule has 0 aromatic heterocycles. The van der Waals surface area contributed by atoms with E-state index in [1.165, 1.54) is 18.5 Å². The Hall–Kier alpha value is -0.500. The molecule has 0 spiro atoms. The maximum atomic E-state index is 3.52. The third-order valence-corrected chi connectivity index (χ3v) is 2.99. The van der Waals surface area contributed by atoms with Crippen LogP contribution < -0.4 is 5.32 Å². The second-order valence-corrected chi connectivity index (χ2v) is 4.61. The Morgan fingerprint density at radius 3 is 2.71 bits per heavy atom. The number of anilines is 1. The summed E-state index contributed by atoms with van der Waals surface area (Å²) >= 11 is 3.52. The van der Waals surface area contributed by atoms with E-state index in [0.29, 0.717) is 0 Å². The average molecular weight is 256 g/mol. The van der Waals surface area contributed by atoms with Crippen molar-refractivity contribution in [3.63, 3.8) is 0 Å². The maximum Gasteiger partial charge on any atom is 0.0484 e. The van der Waals surface area contributed by atoms with Crippen molar-refractivity contribution in [3.05, 3.63) is 28.7 Å². The summed E-state index contributed by atoms with van der Waals surface area (Å²) in [6, 6.07) is 8.25. The van der Waals surface area contributed by atoms with Crippen molar-refractivity contribution < 1.29 is 0 Å². The number of nitrogens with one attached hydrogen (secondary N) is 1. The van der Waals surface area contributed by atoms with Crippen LogP contribution in [-0.4, -0.2) is 6.54 Å². The van der Waals surface area contributed by atoms with Crippen LogP contribution in [0.1, 0.15) is 26.7 Å². The van der Waals surface area contributed by atoms with E-state index < -0.39 is 0 Å². The van der Waals surface area contributed by atoms with E-state index in [2.05, 4.69) is 53.3 Å². The Labute approximate surface area is 95.0 Å². The first-order valence-corrected chi connectivity index (χ1v) is 6.01. The van der Waals surface area contributed by atoms with Crippen molar-refractivity contribution in [2.45, 2.75) is 26.7 Å². The number of para-hydroxylation sites is 1. The molecule has 0 heterocycles. The molecule has 1 aromatic rings. The molecule has 0 amide bonds. The zero-order valence-corrected chi connectivity index (χ0v) is 10.5. The molecule has 0 aliphatic rings. The molecule has 0 saturated heterocycles. The third kappa shape index (κ3) is 3.70. The fraction of sp³-hybridized carbons (Fsp3) is 0.500. The van der Waals surface area contributed by atoms with Gasteiger partial charge in [-0.3, -0.25) is 0 Å². The van der Waals surface area contributed by atoms with E-state index in [1.54, 1.807) is 0 Å². The maximum absolute atomic E-state index is 3.52. The summed E-state index contributed by atoms with van der Waals surface area (Å²) in [5, 5.41) is 3.45. The van der Waals surface area contributed by atoms with E-state index in [9.17, 15) is 0 Å². The summed E-state index contributed by atoms with van der Waals surface area (Å²) in [4.78, 5) is 0. The third-order valence-electron chi connectivity index (χ3n) is 2.30. The predicted octanol–water partition coefficient (Wildman–Crippen LogP) is 4.30. The highest BCUT2D eigenvalue weighted by molar-refractivity contribution is 9.10. The predicted molar refractivity (Wildman–Crippen MR) is 66.7 cm³/mol. The summed E-state index contributed by atoms with van der Waals surface area (Å²) in [6.45, 7) is 5.57. The average Bonchev–Trinajstić information content (AvgIpc) is 2.17. The van der Waals surface area contributed by atoms with Gasteiger partial charge in [0.2, 0.25) is 0 Å². The van der Waals surface area contributed by atoms with Gasteiger partial charge in [-0.05, 0) is 40.4 Å². The highest BCUT2D eigenvalue weighted by Crippen LogP contribution is 2.21. The second-order valence-electron chi connectivity index (χ2n) is 3.75. The molecular formula is C12H18BrN. The summed E-state index contributed by atoms with van der Waals surface area (Å²) in [5.74, 6) is 0.743. The van der Waals surface area contributed by atoms with Crippen molar-refractivity contribution in [2.24, 2.45) is 5.92 Å². The normalized spacial score (nSPS) is 12.5. The van der Waals surface area contributed by atoms with Gasteiger partial charge in [0.1, 0.15) is 0 Å². The first-order chi connectivity index (χ1) is 6.74. The Bertz CT molecular complexity index is 273. The number of benzene rings is 1. The highest BCUT2D eigenvalue weighted by atomic mass is 79.9. The standard InChI is InChI=1S/C12H18BrN/c1-3-6-10(2)9-14-12-8-5-4-7-11(12)13/h4-5,7-8,10,14H,3,6,9H2,1-2H3. The highest BCUT2D eigenvalue weighted by Gasteiger charge is 2.01. The van der Waals surface area contributed by atoms with Crippen molar-refractivity contribution >= 4 is 21.6 Å². The minimum atomic E-state index is 0.743. The zero-order chi connectivity index (χ0) is 10.4. The lowest BCUT2D eigenvalue weighted by Gasteiger charge is -2.13. The Balaban J connectivity index is 2.41. The first kappa shape index (κ1) is 11.6. The van der Waals surface area contributed by atoms with Crippen LogP contribution in [0.4, 0.5) is 5.69 Å². The van der Waals surface area contributed by atoms with E-state index in [0.717, 1.165) is 16.9 Å². The molecule has 0 radical (unpaired) electrons. The number of rotatable bonds is 5. The fourth-order valence-corrected chi connectivity index (χ4v) is 1.91. The molecule has 14 heavy (non-hydrogen) atoms. The van der Waals surface area contributed by atoms with E-state index in [1.807, 2.05) is 6.07 Å². The van der Waals surface area contributed by atoms with Gasteiger partial charge in [0.15, 0.2) is 0 Å². The van der Waals surface area contributed by atoms with Crippen LogP contribution in [0.15, 0.2) is 28.7 Å². The molecule has 0 bridgehead atoms. The molecule has 1 atom stereocenters. The molecule has 0 aliphatic heterocycles. The largest absolute Gasteiger partial charge is 0.384 e. The topological polar surface area (TPSA) is 12.0 Å². The van der Waals surface area contributed by atoms with Gasteiger partial charge in [0.05, 0.1) is 0 Å². The molecule has 1 aromatic carbocycles. The molecule has 1 rings (SSSR count). The van der Waals surface area contributed by atoms with Crippen LogP contribution in [0.2, 0.25) is 0 Å². The minimum absolute atomic E-state index is 0.743. The fourth-order valence-electron chi connectivity index (χ4n) is 1.48. The number of hydrogen-bond donors (Lipinski definition) is 1. The van der Waals surface area contributed by atoms with Crippen molar-refractivity contribution in [1.82, 2.24) is 0 Å². The Morgan fingerprint density at radius 2 is 2.07 bits per heavy atom. The van der Waals surface area contributed by atoms with Crippen LogP contribution >= 0.6 is 15.9 Å². The van der Waals surface area contributed by atoms with Gasteiger partial charge < -0.3 is 5.32 Å². The molecular weight excluding hydrogens is 238 g/mol. The number of halogens is 1. The van der Waals surface area contributed by atoms with Crippen molar-refractivity contribution in [3.8, 4) is 0 Å². The van der Waals surface area contributed by atoms with Crippen LogP contribution in [0, 0.1) is 5.92 Å². The van der Waals surface area contributed by atoms with Crippen LogP contribution in [0.3, 0.4) is 0 Å². The molecule has 0 aliphatic carbocycles. The summed E-state index contributed by atoms with van der Waals surface area (Å²) in [7, 11) is 0. The molecule has 78 valence electrons. The number of hydrogen-bond acceptors (Lipinski definition) is 1. The quantitative estimate of drug-likeness (QED) is 0.828. The van der Waals surface area contributed by atoms with Crippen molar-refractivity contribution in [2.75, 3.05) is 11.9 Å². The monoisotopic (exact) mass is 255 g/mol. The smallest absolute Gasteiger partial charge is 0.0484 e. The molecule has 1 unspecified atom stereocenters. The van der Waals surface area contributed by atoms with Gasteiger partial charge in [0.25, 0.3) is 0 Å². The van der Waals surface area contributed by atoms with Gasteiger partial charge in [0, 0.05) is 16.7 Å². The Kier molecular flexibility index (Phi) is 5.02. The molecule has 2 heteroatoms. The van der Waals surface area contributed by atoms with Gasteiger partial charge in [-0.25, -0.2) is 0 Å². The van der Waals surface area contributed by atoms with Crippen LogP contribution in [-0.2, 0) is 0 Å². The van der Waals surface area contributed by atoms with Crippen LogP contribution in [0.25, 0.3) is 0 Å². The van der Waals surface area contributed by atoms with Crippen LogP contribution in [0.5, 0.6) is 0 Å². The zero-order valence-electron chi connectivity index (χ0n) is 8.89. The minimum Gasteiger partial charge on any atom is -0.384 e. The summed E-state index contributed by atoms with van der Waals surface area (Å²) in [5.41, 5.74) is 1.19. The lowest BCUT2D eigenvalue weighted by molar-refractivity contribution is 0.550. The summed E-state index contributed by atoms with van der Waals surface area (Å²) in [6.07, 6.45) is 2.55. The molecule has 1 N–H and O–H groups in total. The van der Waals surface area contributed by atoms with Gasteiger partial charge in [-0.1, -0.05) is 32.4 Å². The SMILES string of the molecule is CCCC(C)CNc1ccccc1Br. The first-order valence-electron chi connectivity index (χ1n) is 5.22. The Morgan fingerprint density at radius 1 is 1.36 bits per heavy atom. The molecule has 0 fully saturated rings. The van der Waals surface area contributed by atoms with Crippen molar-refractivity contribution in [1.29, 1.82) is 0 Å². The molecule has 0 saturated carbocycles. The summed E-state index contributed by atoms with van der Waals surface area (Å²) < 4.78 is 1.14. The molecule has 1 nitrogen and oxygen atoms in total. The van der Waals surface area contributed by atoms with Gasteiger partial charge in [-0.15, -0.1) is 0 Å². The van der Waals surface area contributed by atoms with E-state index in [-0.39, 0.29) is 0 Å². The van der Waals surface area contributed by atoms with Gasteiger partial charge in [-0.2, -0.15) is 0 Å². The second kappa shape index (κ2) is 6.07.